The van der Waals surface area contributed by atoms with Crippen molar-refractivity contribution in [2.45, 2.75) is 19.5 Å². The third kappa shape index (κ3) is 3.53. The molecule has 1 saturated heterocycles. The largest absolute Gasteiger partial charge is 0.378 e. The lowest BCUT2D eigenvalue weighted by Crippen LogP contribution is -2.47. The van der Waals surface area contributed by atoms with Crippen molar-refractivity contribution in [2.24, 2.45) is 0 Å². The number of nitrogens with one attached hydrogen (secondary N) is 2. The molecule has 0 bridgehead atoms. The summed E-state index contributed by atoms with van der Waals surface area (Å²) in [6, 6.07) is 0.452. The number of hydrogen-bond donors (Lipinski definition) is 2. The van der Waals surface area contributed by atoms with E-state index in [1.54, 1.807) is 11.3 Å². The van der Waals surface area contributed by atoms with Gasteiger partial charge in [0.2, 0.25) is 0 Å². The van der Waals surface area contributed by atoms with Gasteiger partial charge in [0.05, 0.1) is 18.2 Å². The maximum absolute atomic E-state index is 5.38. The minimum absolute atomic E-state index is 0.452. The number of ether oxygens (including phenoxy) is 1. The van der Waals surface area contributed by atoms with Crippen molar-refractivity contribution in [3.8, 4) is 0 Å². The molecule has 5 heteroatoms. The SMILES string of the molecule is Cc1ncc(CNCC2COCCN2)s1. The van der Waals surface area contributed by atoms with Gasteiger partial charge in [-0.2, -0.15) is 0 Å². The number of rotatable bonds is 4. The first-order valence-electron chi connectivity index (χ1n) is 5.28. The van der Waals surface area contributed by atoms with E-state index in [4.69, 9.17) is 4.74 Å². The average Bonchev–Trinajstić information content (AvgIpc) is 2.66. The van der Waals surface area contributed by atoms with E-state index in [1.807, 2.05) is 13.1 Å². The van der Waals surface area contributed by atoms with E-state index in [2.05, 4.69) is 15.6 Å². The second-order valence-corrected chi connectivity index (χ2v) is 5.02. The van der Waals surface area contributed by atoms with E-state index >= 15 is 0 Å². The van der Waals surface area contributed by atoms with Gasteiger partial charge in [0, 0.05) is 36.8 Å². The highest BCUT2D eigenvalue weighted by molar-refractivity contribution is 7.11. The summed E-state index contributed by atoms with van der Waals surface area (Å²) in [5.74, 6) is 0. The van der Waals surface area contributed by atoms with Gasteiger partial charge in [-0.05, 0) is 6.92 Å². The zero-order chi connectivity index (χ0) is 10.5. The summed E-state index contributed by atoms with van der Waals surface area (Å²) in [4.78, 5) is 5.52. The molecule has 4 nitrogen and oxygen atoms in total. The van der Waals surface area contributed by atoms with Crippen molar-refractivity contribution in [1.29, 1.82) is 0 Å². The van der Waals surface area contributed by atoms with Crippen LogP contribution in [0.1, 0.15) is 9.88 Å². The van der Waals surface area contributed by atoms with Crippen LogP contribution in [0.2, 0.25) is 0 Å². The highest BCUT2D eigenvalue weighted by atomic mass is 32.1. The molecule has 0 aromatic carbocycles. The second-order valence-electron chi connectivity index (χ2n) is 3.70. The maximum Gasteiger partial charge on any atom is 0.0897 e. The Hall–Kier alpha value is -0.490. The first-order valence-corrected chi connectivity index (χ1v) is 6.09. The van der Waals surface area contributed by atoms with E-state index in [0.717, 1.165) is 37.9 Å². The fourth-order valence-corrected chi connectivity index (χ4v) is 2.37. The highest BCUT2D eigenvalue weighted by Gasteiger charge is 2.11. The summed E-state index contributed by atoms with van der Waals surface area (Å²) in [7, 11) is 0. The van der Waals surface area contributed by atoms with Crippen LogP contribution < -0.4 is 10.6 Å². The number of aryl methyl sites for hydroxylation is 1. The fourth-order valence-electron chi connectivity index (χ4n) is 1.61. The molecular formula is C10H17N3OS. The van der Waals surface area contributed by atoms with Gasteiger partial charge in [-0.1, -0.05) is 0 Å². The van der Waals surface area contributed by atoms with E-state index < -0.39 is 0 Å². The molecule has 0 radical (unpaired) electrons. The molecule has 2 heterocycles. The van der Waals surface area contributed by atoms with Crippen molar-refractivity contribution in [3.05, 3.63) is 16.1 Å². The summed E-state index contributed by atoms with van der Waals surface area (Å²) in [6.45, 7) is 6.51. The van der Waals surface area contributed by atoms with Gasteiger partial charge in [-0.15, -0.1) is 11.3 Å². The number of morpholine rings is 1. The second kappa shape index (κ2) is 5.55. The lowest BCUT2D eigenvalue weighted by atomic mass is 10.3. The number of thiazole rings is 1. The Balaban J connectivity index is 1.65. The van der Waals surface area contributed by atoms with Gasteiger partial charge < -0.3 is 15.4 Å². The standard InChI is InChI=1S/C10H17N3OS/c1-8-13-6-10(15-8)5-11-4-9-7-14-3-2-12-9/h6,9,11-12H,2-5,7H2,1H3. The minimum Gasteiger partial charge on any atom is -0.378 e. The molecule has 0 spiro atoms. The van der Waals surface area contributed by atoms with Gasteiger partial charge in [0.25, 0.3) is 0 Å². The van der Waals surface area contributed by atoms with Gasteiger partial charge in [0.1, 0.15) is 0 Å². The van der Waals surface area contributed by atoms with Crippen molar-refractivity contribution >= 4 is 11.3 Å². The monoisotopic (exact) mass is 227 g/mol. The third-order valence-electron chi connectivity index (χ3n) is 2.36. The predicted molar refractivity (Wildman–Crippen MR) is 61.2 cm³/mol. The molecule has 2 rings (SSSR count). The Morgan fingerprint density at radius 2 is 2.67 bits per heavy atom. The number of nitrogens with zero attached hydrogens (tertiary/aromatic N) is 1. The van der Waals surface area contributed by atoms with Crippen LogP contribution in [0, 0.1) is 6.92 Å². The summed E-state index contributed by atoms with van der Waals surface area (Å²) in [6.07, 6.45) is 1.94. The van der Waals surface area contributed by atoms with Crippen LogP contribution in [0.15, 0.2) is 6.20 Å². The first-order chi connectivity index (χ1) is 7.34. The van der Waals surface area contributed by atoms with Gasteiger partial charge >= 0.3 is 0 Å². The average molecular weight is 227 g/mol. The van der Waals surface area contributed by atoms with Crippen molar-refractivity contribution in [3.63, 3.8) is 0 Å². The molecule has 1 aromatic heterocycles. The van der Waals surface area contributed by atoms with Crippen LogP contribution in [0.5, 0.6) is 0 Å². The summed E-state index contributed by atoms with van der Waals surface area (Å²) in [5.41, 5.74) is 0. The summed E-state index contributed by atoms with van der Waals surface area (Å²) >= 11 is 1.75. The molecule has 0 aliphatic carbocycles. The zero-order valence-corrected chi connectivity index (χ0v) is 9.77. The molecule has 1 aromatic rings. The van der Waals surface area contributed by atoms with Gasteiger partial charge in [0.15, 0.2) is 0 Å². The van der Waals surface area contributed by atoms with E-state index in [-0.39, 0.29) is 0 Å². The molecule has 15 heavy (non-hydrogen) atoms. The van der Waals surface area contributed by atoms with Crippen molar-refractivity contribution in [2.75, 3.05) is 26.3 Å². The van der Waals surface area contributed by atoms with Gasteiger partial charge in [-0.3, -0.25) is 0 Å². The molecule has 0 saturated carbocycles. The van der Waals surface area contributed by atoms with Crippen LogP contribution in [0.25, 0.3) is 0 Å². The molecule has 1 fully saturated rings. The molecule has 2 N–H and O–H groups in total. The Bertz CT molecular complexity index is 297. The van der Waals surface area contributed by atoms with Crippen LogP contribution in [0.4, 0.5) is 0 Å². The molecular weight excluding hydrogens is 210 g/mol. The van der Waals surface area contributed by atoms with E-state index in [1.165, 1.54) is 4.88 Å². The van der Waals surface area contributed by atoms with Crippen molar-refractivity contribution < 1.29 is 4.74 Å². The molecule has 1 aliphatic rings. The van der Waals surface area contributed by atoms with Crippen LogP contribution in [-0.2, 0) is 11.3 Å². The van der Waals surface area contributed by atoms with Crippen LogP contribution in [-0.4, -0.2) is 37.3 Å². The lowest BCUT2D eigenvalue weighted by Gasteiger charge is -2.23. The Labute approximate surface area is 94.1 Å². The van der Waals surface area contributed by atoms with Crippen molar-refractivity contribution in [1.82, 2.24) is 15.6 Å². The number of hydrogen-bond acceptors (Lipinski definition) is 5. The Morgan fingerprint density at radius 3 is 3.33 bits per heavy atom. The molecule has 84 valence electrons. The molecule has 1 unspecified atom stereocenters. The minimum atomic E-state index is 0.452. The van der Waals surface area contributed by atoms with Crippen LogP contribution >= 0.6 is 11.3 Å². The van der Waals surface area contributed by atoms with E-state index in [9.17, 15) is 0 Å². The Kier molecular flexibility index (Phi) is 4.08. The smallest absolute Gasteiger partial charge is 0.0897 e. The van der Waals surface area contributed by atoms with Crippen LogP contribution in [0.3, 0.4) is 0 Å². The summed E-state index contributed by atoms with van der Waals surface area (Å²) < 4.78 is 5.38. The fraction of sp³-hybridized carbons (Fsp3) is 0.700. The quantitative estimate of drug-likeness (QED) is 0.787. The number of aromatic nitrogens is 1. The highest BCUT2D eigenvalue weighted by Crippen LogP contribution is 2.10. The zero-order valence-electron chi connectivity index (χ0n) is 8.95. The molecule has 0 amide bonds. The van der Waals surface area contributed by atoms with E-state index in [0.29, 0.717) is 6.04 Å². The maximum atomic E-state index is 5.38. The third-order valence-corrected chi connectivity index (χ3v) is 3.27. The molecule has 1 atom stereocenters. The summed E-state index contributed by atoms with van der Waals surface area (Å²) in [5, 5.41) is 7.95. The molecule has 1 aliphatic heterocycles. The Morgan fingerprint density at radius 1 is 1.73 bits per heavy atom. The first kappa shape index (κ1) is 11.0. The topological polar surface area (TPSA) is 46.2 Å². The lowest BCUT2D eigenvalue weighted by molar-refractivity contribution is 0.0767. The normalized spacial score (nSPS) is 21.8. The van der Waals surface area contributed by atoms with Gasteiger partial charge in [-0.25, -0.2) is 4.98 Å². The predicted octanol–water partition coefficient (Wildman–Crippen LogP) is 0.530.